The van der Waals surface area contributed by atoms with E-state index in [-0.39, 0.29) is 0 Å². The van der Waals surface area contributed by atoms with Gasteiger partial charge in [-0.3, -0.25) is 4.40 Å². The van der Waals surface area contributed by atoms with Crippen LogP contribution in [0.15, 0.2) is 6.07 Å². The summed E-state index contributed by atoms with van der Waals surface area (Å²) in [6.45, 7) is 6.19. The Morgan fingerprint density at radius 3 is 3.00 bits per heavy atom. The molecule has 3 rings (SSSR count). The van der Waals surface area contributed by atoms with Gasteiger partial charge in [-0.25, -0.2) is 4.98 Å². The average molecular weight is 231 g/mol. The lowest BCUT2D eigenvalue weighted by molar-refractivity contribution is 0.443. The van der Waals surface area contributed by atoms with Crippen LogP contribution in [0.3, 0.4) is 0 Å². The number of nitrogens with zero attached hydrogens (tertiary/aromatic N) is 4. The Labute approximate surface area is 100 Å². The van der Waals surface area contributed by atoms with E-state index in [0.29, 0.717) is 5.92 Å². The summed E-state index contributed by atoms with van der Waals surface area (Å²) in [5, 5.41) is 11.9. The Morgan fingerprint density at radius 2 is 2.24 bits per heavy atom. The Kier molecular flexibility index (Phi) is 2.55. The van der Waals surface area contributed by atoms with Crippen LogP contribution in [0.4, 0.5) is 0 Å². The molecule has 1 aliphatic heterocycles. The average Bonchev–Trinajstić information content (AvgIpc) is 2.74. The minimum Gasteiger partial charge on any atom is -0.316 e. The molecule has 1 unspecified atom stereocenters. The predicted octanol–water partition coefficient (Wildman–Crippen LogP) is 1.21. The molecule has 17 heavy (non-hydrogen) atoms. The zero-order valence-corrected chi connectivity index (χ0v) is 10.3. The molecule has 1 aliphatic rings. The first-order valence-corrected chi connectivity index (χ1v) is 6.15. The van der Waals surface area contributed by atoms with E-state index >= 15 is 0 Å². The van der Waals surface area contributed by atoms with Crippen LogP contribution in [0.5, 0.6) is 0 Å². The number of piperidine rings is 1. The van der Waals surface area contributed by atoms with Gasteiger partial charge in [0.2, 0.25) is 0 Å². The van der Waals surface area contributed by atoms with E-state index < -0.39 is 0 Å². The second-order valence-corrected chi connectivity index (χ2v) is 4.78. The number of aryl methyl sites for hydroxylation is 2. The third kappa shape index (κ3) is 1.80. The Hall–Kier alpha value is -1.49. The van der Waals surface area contributed by atoms with Crippen LogP contribution in [-0.4, -0.2) is 32.7 Å². The van der Waals surface area contributed by atoms with Gasteiger partial charge in [-0.1, -0.05) is 0 Å². The number of rotatable bonds is 1. The van der Waals surface area contributed by atoms with Gasteiger partial charge in [0.25, 0.3) is 5.78 Å². The highest BCUT2D eigenvalue weighted by Crippen LogP contribution is 2.22. The van der Waals surface area contributed by atoms with Crippen molar-refractivity contribution >= 4 is 5.78 Å². The quantitative estimate of drug-likeness (QED) is 0.801. The van der Waals surface area contributed by atoms with Crippen LogP contribution in [0, 0.1) is 13.8 Å². The van der Waals surface area contributed by atoms with E-state index in [1.54, 1.807) is 0 Å². The van der Waals surface area contributed by atoms with Crippen molar-refractivity contribution in [3.05, 3.63) is 23.3 Å². The zero-order valence-electron chi connectivity index (χ0n) is 10.3. The summed E-state index contributed by atoms with van der Waals surface area (Å²) < 4.78 is 2.09. The van der Waals surface area contributed by atoms with E-state index in [9.17, 15) is 0 Å². The largest absolute Gasteiger partial charge is 0.316 e. The van der Waals surface area contributed by atoms with Crippen molar-refractivity contribution in [1.29, 1.82) is 0 Å². The van der Waals surface area contributed by atoms with Crippen molar-refractivity contribution in [2.75, 3.05) is 13.1 Å². The highest BCUT2D eigenvalue weighted by molar-refractivity contribution is 5.33. The van der Waals surface area contributed by atoms with Gasteiger partial charge in [-0.15, -0.1) is 10.2 Å². The summed E-state index contributed by atoms with van der Waals surface area (Å²) in [5.41, 5.74) is 2.16. The number of hydrogen-bond acceptors (Lipinski definition) is 4. The summed E-state index contributed by atoms with van der Waals surface area (Å²) in [4.78, 5) is 4.42. The molecule has 0 saturated carbocycles. The molecule has 1 saturated heterocycles. The molecule has 90 valence electrons. The molecule has 0 aliphatic carbocycles. The lowest BCUT2D eigenvalue weighted by Gasteiger charge is -2.21. The Morgan fingerprint density at radius 1 is 1.35 bits per heavy atom. The van der Waals surface area contributed by atoms with Gasteiger partial charge in [-0.2, -0.15) is 0 Å². The normalized spacial score (nSPS) is 20.9. The first-order valence-electron chi connectivity index (χ1n) is 6.15. The molecular formula is C12H17N5. The summed E-state index contributed by atoms with van der Waals surface area (Å²) >= 11 is 0. The predicted molar refractivity (Wildman–Crippen MR) is 65.1 cm³/mol. The van der Waals surface area contributed by atoms with Gasteiger partial charge < -0.3 is 5.32 Å². The van der Waals surface area contributed by atoms with Gasteiger partial charge in [-0.05, 0) is 39.3 Å². The molecule has 5 nitrogen and oxygen atoms in total. The highest BCUT2D eigenvalue weighted by atomic mass is 15.3. The van der Waals surface area contributed by atoms with Crippen LogP contribution in [-0.2, 0) is 0 Å². The molecule has 0 bridgehead atoms. The van der Waals surface area contributed by atoms with E-state index in [2.05, 4.69) is 37.9 Å². The first kappa shape index (κ1) is 10.7. The van der Waals surface area contributed by atoms with E-state index in [4.69, 9.17) is 0 Å². The number of hydrogen-bond donors (Lipinski definition) is 1. The van der Waals surface area contributed by atoms with E-state index in [0.717, 1.165) is 36.1 Å². The molecule has 5 heteroatoms. The van der Waals surface area contributed by atoms with Crippen LogP contribution >= 0.6 is 0 Å². The lowest BCUT2D eigenvalue weighted by Crippen LogP contribution is -2.29. The minimum atomic E-state index is 0.460. The van der Waals surface area contributed by atoms with Crippen LogP contribution in [0.1, 0.15) is 36.0 Å². The van der Waals surface area contributed by atoms with Gasteiger partial charge in [0.15, 0.2) is 0 Å². The number of fused-ring (bicyclic) bond motifs is 1. The maximum atomic E-state index is 4.42. The van der Waals surface area contributed by atoms with Gasteiger partial charge in [0, 0.05) is 23.9 Å². The van der Waals surface area contributed by atoms with Crippen molar-refractivity contribution in [2.45, 2.75) is 32.6 Å². The first-order chi connectivity index (χ1) is 8.25. The minimum absolute atomic E-state index is 0.460. The topological polar surface area (TPSA) is 55.1 Å². The molecular weight excluding hydrogens is 214 g/mol. The molecule has 0 aromatic carbocycles. The standard InChI is InChI=1S/C12H17N5/c1-8-6-9(2)17-11(15-16-12(17)14-8)10-4-3-5-13-7-10/h6,10,13H,3-5,7H2,1-2H3. The second kappa shape index (κ2) is 4.07. The highest BCUT2D eigenvalue weighted by Gasteiger charge is 2.21. The van der Waals surface area contributed by atoms with Crippen molar-refractivity contribution in [3.63, 3.8) is 0 Å². The van der Waals surface area contributed by atoms with Crippen LogP contribution in [0.25, 0.3) is 5.78 Å². The molecule has 0 radical (unpaired) electrons. The molecule has 0 spiro atoms. The molecule has 0 amide bonds. The van der Waals surface area contributed by atoms with E-state index in [1.807, 2.05) is 6.92 Å². The molecule has 1 N–H and O–H groups in total. The lowest BCUT2D eigenvalue weighted by atomic mass is 9.99. The fraction of sp³-hybridized carbons (Fsp3) is 0.583. The monoisotopic (exact) mass is 231 g/mol. The fourth-order valence-electron chi connectivity index (χ4n) is 2.59. The van der Waals surface area contributed by atoms with Crippen molar-refractivity contribution < 1.29 is 0 Å². The number of nitrogens with one attached hydrogen (secondary N) is 1. The SMILES string of the molecule is Cc1cc(C)n2c(C3CCCNC3)nnc2n1. The zero-order chi connectivity index (χ0) is 11.8. The fourth-order valence-corrected chi connectivity index (χ4v) is 2.59. The number of aromatic nitrogens is 4. The summed E-state index contributed by atoms with van der Waals surface area (Å²) in [6, 6.07) is 2.08. The van der Waals surface area contributed by atoms with Crippen molar-refractivity contribution in [3.8, 4) is 0 Å². The molecule has 2 aromatic rings. The Bertz CT molecular complexity index is 539. The van der Waals surface area contributed by atoms with Crippen LogP contribution in [0.2, 0.25) is 0 Å². The Balaban J connectivity index is 2.10. The van der Waals surface area contributed by atoms with Gasteiger partial charge in [0.05, 0.1) is 0 Å². The van der Waals surface area contributed by atoms with E-state index in [1.165, 1.54) is 12.8 Å². The molecule has 3 heterocycles. The van der Waals surface area contributed by atoms with Gasteiger partial charge >= 0.3 is 0 Å². The maximum absolute atomic E-state index is 4.42. The third-order valence-corrected chi connectivity index (χ3v) is 3.38. The van der Waals surface area contributed by atoms with Crippen molar-refractivity contribution in [2.24, 2.45) is 0 Å². The third-order valence-electron chi connectivity index (χ3n) is 3.38. The van der Waals surface area contributed by atoms with Crippen molar-refractivity contribution in [1.82, 2.24) is 24.9 Å². The summed E-state index contributed by atoms with van der Waals surface area (Å²) in [7, 11) is 0. The summed E-state index contributed by atoms with van der Waals surface area (Å²) in [5.74, 6) is 2.24. The second-order valence-electron chi connectivity index (χ2n) is 4.78. The van der Waals surface area contributed by atoms with Crippen LogP contribution < -0.4 is 5.32 Å². The molecule has 2 aromatic heterocycles. The smallest absolute Gasteiger partial charge is 0.255 e. The molecule has 1 fully saturated rings. The maximum Gasteiger partial charge on any atom is 0.255 e. The molecule has 1 atom stereocenters. The van der Waals surface area contributed by atoms with Gasteiger partial charge in [0.1, 0.15) is 5.82 Å². The summed E-state index contributed by atoms with van der Waals surface area (Å²) in [6.07, 6.45) is 2.39.